The Hall–Kier alpha value is -2.89. The van der Waals surface area contributed by atoms with Gasteiger partial charge in [-0.25, -0.2) is 4.39 Å². The van der Waals surface area contributed by atoms with Gasteiger partial charge in [-0.15, -0.1) is 0 Å². The van der Waals surface area contributed by atoms with E-state index in [0.29, 0.717) is 12.2 Å². The number of nitrogens with one attached hydrogen (secondary N) is 1. The highest BCUT2D eigenvalue weighted by Gasteiger charge is 2.29. The monoisotopic (exact) mass is 400 g/mol. The molecule has 2 aromatic rings. The van der Waals surface area contributed by atoms with Crippen molar-refractivity contribution in [3.8, 4) is 5.75 Å². The van der Waals surface area contributed by atoms with Crippen LogP contribution >= 0.6 is 0 Å². The molecule has 29 heavy (non-hydrogen) atoms. The largest absolute Gasteiger partial charge is 0.484 e. The Bertz CT molecular complexity index is 780. The van der Waals surface area contributed by atoms with Gasteiger partial charge in [0.1, 0.15) is 17.6 Å². The Morgan fingerprint density at radius 1 is 1.03 bits per heavy atom. The number of halogens is 1. The summed E-state index contributed by atoms with van der Waals surface area (Å²) in [4.78, 5) is 27.3. The molecule has 0 bridgehead atoms. The van der Waals surface area contributed by atoms with Gasteiger partial charge in [0.25, 0.3) is 5.91 Å². The summed E-state index contributed by atoms with van der Waals surface area (Å²) in [6, 6.07) is 14.4. The van der Waals surface area contributed by atoms with Crippen LogP contribution in [0.3, 0.4) is 0 Å². The number of benzene rings is 2. The Labute approximate surface area is 171 Å². The van der Waals surface area contributed by atoms with Crippen LogP contribution in [0.5, 0.6) is 5.75 Å². The highest BCUT2D eigenvalue weighted by atomic mass is 19.1. The fraction of sp³-hybridized carbons (Fsp3) is 0.391. The molecule has 2 amide bonds. The standard InChI is InChI=1S/C23H29FN2O3/c1-4-17(3)25-23(28)21(5-2)26(15-18-11-13-19(24)14-12-18)22(27)16-29-20-9-7-6-8-10-20/h6-14,17,21H,4-5,15-16H2,1-3H3,(H,25,28)/t17-,21+/m1/s1. The van der Waals surface area contributed by atoms with E-state index in [1.807, 2.05) is 39.0 Å². The minimum Gasteiger partial charge on any atom is -0.484 e. The quantitative estimate of drug-likeness (QED) is 0.657. The molecule has 0 heterocycles. The van der Waals surface area contributed by atoms with Crippen molar-refractivity contribution in [2.75, 3.05) is 6.61 Å². The molecular weight excluding hydrogens is 371 g/mol. The molecule has 0 saturated carbocycles. The van der Waals surface area contributed by atoms with Gasteiger partial charge in [0.15, 0.2) is 6.61 Å². The molecule has 156 valence electrons. The second-order valence-electron chi connectivity index (χ2n) is 6.99. The van der Waals surface area contributed by atoms with E-state index >= 15 is 0 Å². The summed E-state index contributed by atoms with van der Waals surface area (Å²) in [5, 5.41) is 2.95. The smallest absolute Gasteiger partial charge is 0.261 e. The predicted octanol–water partition coefficient (Wildman–Crippen LogP) is 3.93. The lowest BCUT2D eigenvalue weighted by Crippen LogP contribution is -2.51. The molecule has 0 spiro atoms. The second kappa shape index (κ2) is 11.2. The maximum atomic E-state index is 13.3. The fourth-order valence-electron chi connectivity index (χ4n) is 2.89. The molecule has 2 rings (SSSR count). The molecule has 0 aliphatic rings. The first-order chi connectivity index (χ1) is 13.9. The minimum absolute atomic E-state index is 0.0138. The third-order valence-electron chi connectivity index (χ3n) is 4.76. The highest BCUT2D eigenvalue weighted by molar-refractivity contribution is 5.88. The zero-order valence-corrected chi connectivity index (χ0v) is 17.2. The first kappa shape index (κ1) is 22.4. The average Bonchev–Trinajstić information content (AvgIpc) is 2.73. The Morgan fingerprint density at radius 3 is 2.28 bits per heavy atom. The van der Waals surface area contributed by atoms with E-state index in [-0.39, 0.29) is 36.8 Å². The number of carbonyl (C=O) groups excluding carboxylic acids is 2. The molecule has 0 unspecified atom stereocenters. The van der Waals surface area contributed by atoms with Crippen LogP contribution in [0.4, 0.5) is 4.39 Å². The first-order valence-corrected chi connectivity index (χ1v) is 9.96. The van der Waals surface area contributed by atoms with Gasteiger partial charge in [-0.05, 0) is 49.6 Å². The molecular formula is C23H29FN2O3. The van der Waals surface area contributed by atoms with Crippen molar-refractivity contribution in [1.82, 2.24) is 10.2 Å². The van der Waals surface area contributed by atoms with Crippen molar-refractivity contribution in [2.45, 2.75) is 52.2 Å². The SMILES string of the molecule is CC[C@@H](C)NC(=O)[C@H](CC)N(Cc1ccc(F)cc1)C(=O)COc1ccccc1. The predicted molar refractivity (Wildman–Crippen MR) is 111 cm³/mol. The number of nitrogens with zero attached hydrogens (tertiary/aromatic N) is 1. The minimum atomic E-state index is -0.638. The van der Waals surface area contributed by atoms with Gasteiger partial charge in [-0.2, -0.15) is 0 Å². The maximum absolute atomic E-state index is 13.3. The summed E-state index contributed by atoms with van der Waals surface area (Å²) in [5.74, 6) is -0.262. The lowest BCUT2D eigenvalue weighted by atomic mass is 10.1. The molecule has 0 aliphatic carbocycles. The summed E-state index contributed by atoms with van der Waals surface area (Å²) in [6.07, 6.45) is 1.26. The van der Waals surface area contributed by atoms with E-state index in [1.165, 1.54) is 17.0 Å². The Kier molecular flexibility index (Phi) is 8.65. The average molecular weight is 400 g/mol. The molecule has 2 aromatic carbocycles. The number of carbonyl (C=O) groups is 2. The van der Waals surface area contributed by atoms with Crippen LogP contribution < -0.4 is 10.1 Å². The molecule has 0 radical (unpaired) electrons. The maximum Gasteiger partial charge on any atom is 0.261 e. The van der Waals surface area contributed by atoms with Crippen LogP contribution in [0, 0.1) is 5.82 Å². The molecule has 2 atom stereocenters. The Morgan fingerprint density at radius 2 is 1.69 bits per heavy atom. The third kappa shape index (κ3) is 6.89. The molecule has 0 aliphatic heterocycles. The third-order valence-corrected chi connectivity index (χ3v) is 4.76. The number of amides is 2. The van der Waals surface area contributed by atoms with E-state index in [0.717, 1.165) is 12.0 Å². The van der Waals surface area contributed by atoms with E-state index in [2.05, 4.69) is 5.32 Å². The molecule has 5 nitrogen and oxygen atoms in total. The van der Waals surface area contributed by atoms with Crippen LogP contribution in [-0.4, -0.2) is 35.4 Å². The van der Waals surface area contributed by atoms with Gasteiger partial charge >= 0.3 is 0 Å². The lowest BCUT2D eigenvalue weighted by molar-refractivity contribution is -0.143. The molecule has 0 fully saturated rings. The zero-order valence-electron chi connectivity index (χ0n) is 17.2. The zero-order chi connectivity index (χ0) is 21.2. The van der Waals surface area contributed by atoms with Crippen LogP contribution in [0.2, 0.25) is 0 Å². The van der Waals surface area contributed by atoms with Crippen LogP contribution in [0.15, 0.2) is 54.6 Å². The van der Waals surface area contributed by atoms with E-state index in [9.17, 15) is 14.0 Å². The van der Waals surface area contributed by atoms with E-state index < -0.39 is 6.04 Å². The van der Waals surface area contributed by atoms with Crippen LogP contribution in [0.1, 0.15) is 39.2 Å². The fourth-order valence-corrected chi connectivity index (χ4v) is 2.89. The summed E-state index contributed by atoms with van der Waals surface area (Å²) in [5.41, 5.74) is 0.745. The van der Waals surface area contributed by atoms with Crippen LogP contribution in [0.25, 0.3) is 0 Å². The number of para-hydroxylation sites is 1. The van der Waals surface area contributed by atoms with Gasteiger partial charge in [-0.1, -0.05) is 44.2 Å². The van der Waals surface area contributed by atoms with Gasteiger partial charge < -0.3 is 15.0 Å². The Balaban J connectivity index is 2.19. The lowest BCUT2D eigenvalue weighted by Gasteiger charge is -2.31. The van der Waals surface area contributed by atoms with Crippen molar-refractivity contribution < 1.29 is 18.7 Å². The topological polar surface area (TPSA) is 58.6 Å². The van der Waals surface area contributed by atoms with Crippen molar-refractivity contribution in [3.63, 3.8) is 0 Å². The summed E-state index contributed by atoms with van der Waals surface area (Å²) in [6.45, 7) is 5.79. The number of hydrogen-bond donors (Lipinski definition) is 1. The highest BCUT2D eigenvalue weighted by Crippen LogP contribution is 2.15. The van der Waals surface area contributed by atoms with Crippen molar-refractivity contribution in [3.05, 3.63) is 66.0 Å². The van der Waals surface area contributed by atoms with Gasteiger partial charge in [0, 0.05) is 12.6 Å². The summed E-state index contributed by atoms with van der Waals surface area (Å²) < 4.78 is 18.9. The van der Waals surface area contributed by atoms with Crippen molar-refractivity contribution in [2.24, 2.45) is 0 Å². The van der Waals surface area contributed by atoms with Crippen molar-refractivity contribution >= 4 is 11.8 Å². The number of ether oxygens (including phenoxy) is 1. The number of hydrogen-bond acceptors (Lipinski definition) is 3. The molecule has 6 heteroatoms. The molecule has 1 N–H and O–H groups in total. The van der Waals surface area contributed by atoms with Gasteiger partial charge in [0.05, 0.1) is 0 Å². The summed E-state index contributed by atoms with van der Waals surface area (Å²) in [7, 11) is 0. The van der Waals surface area contributed by atoms with Crippen molar-refractivity contribution in [1.29, 1.82) is 0 Å². The molecule has 0 saturated heterocycles. The summed E-state index contributed by atoms with van der Waals surface area (Å²) >= 11 is 0. The number of rotatable bonds is 10. The van der Waals surface area contributed by atoms with Gasteiger partial charge in [0.2, 0.25) is 5.91 Å². The van der Waals surface area contributed by atoms with E-state index in [1.54, 1.807) is 24.3 Å². The van der Waals surface area contributed by atoms with E-state index in [4.69, 9.17) is 4.74 Å². The normalized spacial score (nSPS) is 12.7. The molecule has 0 aromatic heterocycles. The first-order valence-electron chi connectivity index (χ1n) is 9.96. The van der Waals surface area contributed by atoms with Gasteiger partial charge in [-0.3, -0.25) is 9.59 Å². The van der Waals surface area contributed by atoms with Crippen LogP contribution in [-0.2, 0) is 16.1 Å². The second-order valence-corrected chi connectivity index (χ2v) is 6.99.